The standard InChI is InChI=1S/C48H62O7S/c1-3-4-5-6-7-8-9-10-11-24-33-56-48(50)47(54-37-43-31-22-15-23-32-43)46(53-36-42-29-20-14-21-30-42)45(52-35-41-27-18-13-19-28-41)44(55-39(2)49)38-51-34-40-25-16-12-17-26-40/h12-23,25-32,44-47H,3-11,24,33-38H2,1-2H3/t44-,45-,46+,47-/m1/s1. The molecule has 0 aliphatic rings. The minimum Gasteiger partial charge on any atom is -0.457 e. The number of thioether (sulfide) groups is 1. The molecule has 8 heteroatoms. The van der Waals surface area contributed by atoms with Crippen molar-refractivity contribution in [3.05, 3.63) is 144 Å². The predicted molar refractivity (Wildman–Crippen MR) is 226 cm³/mol. The molecule has 0 unspecified atom stereocenters. The average molecular weight is 783 g/mol. The molecular formula is C48H62O7S. The molecular weight excluding hydrogens is 721 g/mol. The van der Waals surface area contributed by atoms with E-state index in [1.54, 1.807) is 0 Å². The van der Waals surface area contributed by atoms with E-state index in [1.807, 2.05) is 121 Å². The molecule has 0 bridgehead atoms. The third-order valence-corrected chi connectivity index (χ3v) is 10.5. The number of unbranched alkanes of at least 4 members (excludes halogenated alkanes) is 9. The van der Waals surface area contributed by atoms with Crippen molar-refractivity contribution < 1.29 is 33.3 Å². The van der Waals surface area contributed by atoms with Crippen molar-refractivity contribution in [1.29, 1.82) is 0 Å². The van der Waals surface area contributed by atoms with Crippen molar-refractivity contribution in [3.63, 3.8) is 0 Å². The summed E-state index contributed by atoms with van der Waals surface area (Å²) in [6.07, 6.45) is 8.39. The first-order valence-electron chi connectivity index (χ1n) is 20.5. The molecule has 0 spiro atoms. The van der Waals surface area contributed by atoms with Gasteiger partial charge in [-0.3, -0.25) is 9.59 Å². The summed E-state index contributed by atoms with van der Waals surface area (Å²) < 4.78 is 32.3. The van der Waals surface area contributed by atoms with Crippen LogP contribution in [-0.4, -0.2) is 47.9 Å². The largest absolute Gasteiger partial charge is 0.457 e. The molecule has 0 saturated heterocycles. The van der Waals surface area contributed by atoms with E-state index in [0.717, 1.165) is 35.1 Å². The second kappa shape index (κ2) is 27.7. The SMILES string of the molecule is CCCCCCCCCCCCSC(=O)[C@H](OCc1ccccc1)[C@@H](OCc1ccccc1)[C@H](OCc1ccccc1)[C@@H](COCc1ccccc1)OC(C)=O. The number of benzene rings is 4. The molecule has 302 valence electrons. The maximum atomic E-state index is 14.5. The quantitative estimate of drug-likeness (QED) is 0.0398. The summed E-state index contributed by atoms with van der Waals surface area (Å²) in [6.45, 7) is 4.52. The first kappa shape index (κ1) is 44.9. The molecule has 0 aromatic heterocycles. The smallest absolute Gasteiger partial charge is 0.303 e. The topological polar surface area (TPSA) is 80.3 Å². The lowest BCUT2D eigenvalue weighted by molar-refractivity contribution is -0.199. The summed E-state index contributed by atoms with van der Waals surface area (Å²) in [5.41, 5.74) is 3.76. The zero-order valence-corrected chi connectivity index (χ0v) is 34.3. The van der Waals surface area contributed by atoms with Crippen LogP contribution in [0.5, 0.6) is 0 Å². The van der Waals surface area contributed by atoms with E-state index in [0.29, 0.717) is 12.4 Å². The summed E-state index contributed by atoms with van der Waals surface area (Å²) in [5.74, 6) is 0.187. The number of esters is 1. The van der Waals surface area contributed by atoms with Gasteiger partial charge in [0.15, 0.2) is 12.2 Å². The van der Waals surface area contributed by atoms with Gasteiger partial charge in [0.05, 0.1) is 33.0 Å². The molecule has 0 fully saturated rings. The van der Waals surface area contributed by atoms with Crippen molar-refractivity contribution in [2.75, 3.05) is 12.4 Å². The highest BCUT2D eigenvalue weighted by Crippen LogP contribution is 2.27. The Bertz CT molecular complexity index is 1590. The Morgan fingerprint density at radius 1 is 0.518 bits per heavy atom. The third-order valence-electron chi connectivity index (χ3n) is 9.52. The van der Waals surface area contributed by atoms with Crippen LogP contribution < -0.4 is 0 Å². The lowest BCUT2D eigenvalue weighted by Gasteiger charge is -2.36. The molecule has 4 atom stereocenters. The fourth-order valence-electron chi connectivity index (χ4n) is 6.48. The summed E-state index contributed by atoms with van der Waals surface area (Å²) in [5, 5.41) is -0.144. The molecule has 4 rings (SSSR count). The van der Waals surface area contributed by atoms with Crippen LogP contribution in [0.15, 0.2) is 121 Å². The van der Waals surface area contributed by atoms with Crippen molar-refractivity contribution in [1.82, 2.24) is 0 Å². The monoisotopic (exact) mass is 782 g/mol. The van der Waals surface area contributed by atoms with Crippen LogP contribution in [-0.2, 0) is 59.7 Å². The fourth-order valence-corrected chi connectivity index (χ4v) is 7.40. The van der Waals surface area contributed by atoms with Crippen LogP contribution in [0.4, 0.5) is 0 Å². The lowest BCUT2D eigenvalue weighted by atomic mass is 10.0. The number of rotatable bonds is 29. The molecule has 0 heterocycles. The van der Waals surface area contributed by atoms with Crippen LogP contribution in [0.25, 0.3) is 0 Å². The molecule has 0 amide bonds. The van der Waals surface area contributed by atoms with Crippen molar-refractivity contribution in [3.8, 4) is 0 Å². The van der Waals surface area contributed by atoms with Gasteiger partial charge in [0, 0.05) is 12.7 Å². The first-order chi connectivity index (χ1) is 27.5. The van der Waals surface area contributed by atoms with Gasteiger partial charge >= 0.3 is 5.97 Å². The minimum absolute atomic E-state index is 0.0183. The maximum absolute atomic E-state index is 14.5. The van der Waals surface area contributed by atoms with Crippen molar-refractivity contribution in [2.24, 2.45) is 0 Å². The summed E-state index contributed by atoms with van der Waals surface area (Å²) >= 11 is 1.28. The molecule has 7 nitrogen and oxygen atoms in total. The van der Waals surface area contributed by atoms with E-state index in [-0.39, 0.29) is 31.5 Å². The minimum atomic E-state index is -1.04. The maximum Gasteiger partial charge on any atom is 0.303 e. The van der Waals surface area contributed by atoms with E-state index in [1.165, 1.54) is 70.1 Å². The lowest BCUT2D eigenvalue weighted by Crippen LogP contribution is -2.53. The molecule has 0 N–H and O–H groups in total. The summed E-state index contributed by atoms with van der Waals surface area (Å²) in [4.78, 5) is 27.2. The second-order valence-electron chi connectivity index (χ2n) is 14.2. The molecule has 0 saturated carbocycles. The Morgan fingerprint density at radius 2 is 0.929 bits per heavy atom. The van der Waals surface area contributed by atoms with Crippen molar-refractivity contribution >= 4 is 22.8 Å². The molecule has 4 aromatic rings. The van der Waals surface area contributed by atoms with Gasteiger partial charge in [0.1, 0.15) is 12.2 Å². The third kappa shape index (κ3) is 18.0. The highest BCUT2D eigenvalue weighted by Gasteiger charge is 2.43. The van der Waals surface area contributed by atoms with Gasteiger partial charge in [0.2, 0.25) is 5.12 Å². The predicted octanol–water partition coefficient (Wildman–Crippen LogP) is 11.1. The summed E-state index contributed by atoms with van der Waals surface area (Å²) in [6, 6.07) is 39.2. The van der Waals surface area contributed by atoms with Gasteiger partial charge in [-0.2, -0.15) is 0 Å². The zero-order chi connectivity index (χ0) is 39.5. The Kier molecular flexibility index (Phi) is 22.3. The second-order valence-corrected chi connectivity index (χ2v) is 15.3. The Hall–Kier alpha value is -3.79. The summed E-state index contributed by atoms with van der Waals surface area (Å²) in [7, 11) is 0. The van der Waals surface area contributed by atoms with E-state index in [4.69, 9.17) is 23.7 Å². The first-order valence-corrected chi connectivity index (χ1v) is 21.4. The van der Waals surface area contributed by atoms with Gasteiger partial charge in [0.25, 0.3) is 0 Å². The Morgan fingerprint density at radius 3 is 1.39 bits per heavy atom. The number of hydrogen-bond donors (Lipinski definition) is 0. The number of carbonyl (C=O) groups is 2. The number of carbonyl (C=O) groups excluding carboxylic acids is 2. The fraction of sp³-hybridized carbons (Fsp3) is 0.458. The average Bonchev–Trinajstić information content (AvgIpc) is 3.23. The van der Waals surface area contributed by atoms with E-state index in [2.05, 4.69) is 6.92 Å². The zero-order valence-electron chi connectivity index (χ0n) is 33.4. The highest BCUT2D eigenvalue weighted by atomic mass is 32.2. The van der Waals surface area contributed by atoms with E-state index >= 15 is 0 Å². The van der Waals surface area contributed by atoms with Gasteiger partial charge < -0.3 is 23.7 Å². The van der Waals surface area contributed by atoms with Crippen LogP contribution in [0.3, 0.4) is 0 Å². The van der Waals surface area contributed by atoms with Gasteiger partial charge in [-0.25, -0.2) is 0 Å². The molecule has 56 heavy (non-hydrogen) atoms. The van der Waals surface area contributed by atoms with E-state index in [9.17, 15) is 9.59 Å². The van der Waals surface area contributed by atoms with Gasteiger partial charge in [-0.1, -0.05) is 198 Å². The van der Waals surface area contributed by atoms with Gasteiger partial charge in [-0.05, 0) is 28.7 Å². The van der Waals surface area contributed by atoms with Crippen LogP contribution in [0.2, 0.25) is 0 Å². The van der Waals surface area contributed by atoms with Crippen molar-refractivity contribution in [2.45, 2.75) is 129 Å². The van der Waals surface area contributed by atoms with Crippen LogP contribution in [0.1, 0.15) is 100 Å². The Labute approximate surface area is 339 Å². The number of ether oxygens (including phenoxy) is 5. The molecule has 0 radical (unpaired) electrons. The molecule has 0 aliphatic heterocycles. The molecule has 4 aromatic carbocycles. The molecule has 0 aliphatic carbocycles. The van der Waals surface area contributed by atoms with Crippen LogP contribution in [0, 0.1) is 0 Å². The van der Waals surface area contributed by atoms with Crippen LogP contribution >= 0.6 is 11.8 Å². The van der Waals surface area contributed by atoms with E-state index < -0.39 is 30.4 Å². The van der Waals surface area contributed by atoms with Gasteiger partial charge in [-0.15, -0.1) is 0 Å². The number of hydrogen-bond acceptors (Lipinski definition) is 8. The normalized spacial score (nSPS) is 13.5. The Balaban J connectivity index is 1.59. The highest BCUT2D eigenvalue weighted by molar-refractivity contribution is 8.13.